The topological polar surface area (TPSA) is 59.1 Å². The third-order valence-corrected chi connectivity index (χ3v) is 1.08. The Labute approximate surface area is 53.2 Å². The molecule has 0 aliphatic carbocycles. The van der Waals surface area contributed by atoms with Crippen LogP contribution in [0.3, 0.4) is 0 Å². The molecule has 0 saturated carbocycles. The predicted molar refractivity (Wildman–Crippen MR) is 35.1 cm³/mol. The number of pyridine rings is 1. The van der Waals surface area contributed by atoms with E-state index in [4.69, 9.17) is 10.8 Å². The van der Waals surface area contributed by atoms with E-state index in [9.17, 15) is 0 Å². The van der Waals surface area contributed by atoms with Crippen LogP contribution in [-0.4, -0.2) is 10.1 Å². The third-order valence-electron chi connectivity index (χ3n) is 1.08. The summed E-state index contributed by atoms with van der Waals surface area (Å²) >= 11 is 0. The maximum absolute atomic E-state index is 8.96. The lowest BCUT2D eigenvalue weighted by Gasteiger charge is -1.96. The van der Waals surface area contributed by atoms with Gasteiger partial charge in [-0.3, -0.25) is 4.98 Å². The van der Waals surface area contributed by atoms with Gasteiger partial charge in [-0.2, -0.15) is 0 Å². The summed E-state index contributed by atoms with van der Waals surface area (Å²) in [6, 6.07) is 1.47. The number of rotatable bonds is 0. The SMILES string of the molecule is Cc1ncc(N)cc1O. The van der Waals surface area contributed by atoms with Crippen LogP contribution in [0.4, 0.5) is 5.69 Å². The van der Waals surface area contributed by atoms with E-state index in [0.717, 1.165) is 0 Å². The van der Waals surface area contributed by atoms with Crippen LogP contribution in [0.15, 0.2) is 12.3 Å². The number of nitrogens with two attached hydrogens (primary N) is 1. The van der Waals surface area contributed by atoms with Crippen molar-refractivity contribution in [1.82, 2.24) is 4.98 Å². The van der Waals surface area contributed by atoms with Crippen molar-refractivity contribution in [3.05, 3.63) is 18.0 Å². The van der Waals surface area contributed by atoms with Gasteiger partial charge in [0.15, 0.2) is 0 Å². The van der Waals surface area contributed by atoms with Crippen molar-refractivity contribution in [3.63, 3.8) is 0 Å². The van der Waals surface area contributed by atoms with Gasteiger partial charge in [0, 0.05) is 6.07 Å². The van der Waals surface area contributed by atoms with Crippen LogP contribution in [0.5, 0.6) is 5.75 Å². The molecule has 1 heterocycles. The van der Waals surface area contributed by atoms with Crippen LogP contribution in [0, 0.1) is 6.92 Å². The van der Waals surface area contributed by atoms with Gasteiger partial charge in [-0.25, -0.2) is 0 Å². The summed E-state index contributed by atoms with van der Waals surface area (Å²) in [6.07, 6.45) is 1.51. The molecule has 0 amide bonds. The minimum Gasteiger partial charge on any atom is -0.506 e. The van der Waals surface area contributed by atoms with E-state index in [0.29, 0.717) is 11.4 Å². The van der Waals surface area contributed by atoms with E-state index in [1.54, 1.807) is 6.92 Å². The lowest BCUT2D eigenvalue weighted by molar-refractivity contribution is 0.468. The van der Waals surface area contributed by atoms with Crippen molar-refractivity contribution < 1.29 is 5.11 Å². The Morgan fingerprint density at radius 3 is 2.78 bits per heavy atom. The average molecular weight is 124 g/mol. The van der Waals surface area contributed by atoms with Gasteiger partial charge < -0.3 is 10.8 Å². The van der Waals surface area contributed by atoms with Gasteiger partial charge in [0.05, 0.1) is 17.6 Å². The lowest BCUT2D eigenvalue weighted by atomic mass is 10.3. The van der Waals surface area contributed by atoms with E-state index < -0.39 is 0 Å². The van der Waals surface area contributed by atoms with Crippen molar-refractivity contribution in [1.29, 1.82) is 0 Å². The first-order valence-corrected chi connectivity index (χ1v) is 2.61. The highest BCUT2D eigenvalue weighted by Gasteiger charge is 1.94. The van der Waals surface area contributed by atoms with Gasteiger partial charge in [-0.15, -0.1) is 0 Å². The van der Waals surface area contributed by atoms with Crippen molar-refractivity contribution in [3.8, 4) is 5.75 Å². The zero-order valence-corrected chi connectivity index (χ0v) is 5.13. The smallest absolute Gasteiger partial charge is 0.138 e. The summed E-state index contributed by atoms with van der Waals surface area (Å²) in [6.45, 7) is 1.72. The highest BCUT2D eigenvalue weighted by Crippen LogP contribution is 2.14. The molecule has 1 rings (SSSR count). The molecule has 1 aromatic rings. The molecule has 3 N–H and O–H groups in total. The van der Waals surface area contributed by atoms with E-state index in [1.165, 1.54) is 12.3 Å². The second-order valence-electron chi connectivity index (χ2n) is 1.87. The zero-order valence-electron chi connectivity index (χ0n) is 5.13. The van der Waals surface area contributed by atoms with Crippen LogP contribution >= 0.6 is 0 Å². The Hall–Kier alpha value is -1.25. The molecule has 1 aromatic heterocycles. The van der Waals surface area contributed by atoms with E-state index in [1.807, 2.05) is 0 Å². The fourth-order valence-corrected chi connectivity index (χ4v) is 0.537. The summed E-state index contributed by atoms with van der Waals surface area (Å²) in [4.78, 5) is 3.80. The van der Waals surface area contributed by atoms with Crippen LogP contribution in [0.1, 0.15) is 5.69 Å². The fourth-order valence-electron chi connectivity index (χ4n) is 0.537. The highest BCUT2D eigenvalue weighted by atomic mass is 16.3. The molecule has 0 atom stereocenters. The molecule has 0 aromatic carbocycles. The third kappa shape index (κ3) is 1.10. The Kier molecular flexibility index (Phi) is 1.26. The molecule has 3 nitrogen and oxygen atoms in total. The quantitative estimate of drug-likeness (QED) is 0.534. The predicted octanol–water partition coefficient (Wildman–Crippen LogP) is 0.678. The van der Waals surface area contributed by atoms with Gasteiger partial charge in [-0.1, -0.05) is 0 Å². The van der Waals surface area contributed by atoms with Gasteiger partial charge in [0.1, 0.15) is 5.75 Å². The monoisotopic (exact) mass is 124 g/mol. The number of nitrogens with zero attached hydrogens (tertiary/aromatic N) is 1. The number of anilines is 1. The fraction of sp³-hybridized carbons (Fsp3) is 0.167. The standard InChI is InChI=1S/C6H8N2O/c1-4-6(9)2-5(7)3-8-4/h2-3,9H,7H2,1H3. The Balaban J connectivity index is 3.17. The summed E-state index contributed by atoms with van der Waals surface area (Å²) in [5.74, 6) is 0.148. The van der Waals surface area contributed by atoms with Crippen molar-refractivity contribution >= 4 is 5.69 Å². The molecule has 0 saturated heterocycles. The largest absolute Gasteiger partial charge is 0.506 e. The van der Waals surface area contributed by atoms with Crippen LogP contribution in [0.2, 0.25) is 0 Å². The molecular formula is C6H8N2O. The van der Waals surface area contributed by atoms with Crippen molar-refractivity contribution in [2.75, 3.05) is 5.73 Å². The number of hydrogen-bond donors (Lipinski definition) is 2. The van der Waals surface area contributed by atoms with Crippen LogP contribution < -0.4 is 5.73 Å². The highest BCUT2D eigenvalue weighted by molar-refractivity contribution is 5.42. The first-order chi connectivity index (χ1) is 4.20. The Bertz CT molecular complexity index is 222. The molecule has 0 radical (unpaired) electrons. The first kappa shape index (κ1) is 5.88. The van der Waals surface area contributed by atoms with Crippen LogP contribution in [-0.2, 0) is 0 Å². The average Bonchev–Trinajstić information content (AvgIpc) is 1.80. The summed E-state index contributed by atoms with van der Waals surface area (Å²) < 4.78 is 0. The van der Waals surface area contributed by atoms with E-state index >= 15 is 0 Å². The molecule has 3 heteroatoms. The number of aromatic nitrogens is 1. The maximum atomic E-state index is 8.96. The molecule has 9 heavy (non-hydrogen) atoms. The Morgan fingerprint density at radius 1 is 1.67 bits per heavy atom. The van der Waals surface area contributed by atoms with Gasteiger partial charge in [0.25, 0.3) is 0 Å². The normalized spacial score (nSPS) is 9.44. The summed E-state index contributed by atoms with van der Waals surface area (Å²) in [5.41, 5.74) is 6.39. The number of nitrogen functional groups attached to an aromatic ring is 1. The lowest BCUT2D eigenvalue weighted by Crippen LogP contribution is -1.87. The second kappa shape index (κ2) is 1.93. The summed E-state index contributed by atoms with van der Waals surface area (Å²) in [7, 11) is 0. The van der Waals surface area contributed by atoms with E-state index in [-0.39, 0.29) is 5.75 Å². The Morgan fingerprint density at radius 2 is 2.33 bits per heavy atom. The summed E-state index contributed by atoms with van der Waals surface area (Å²) in [5, 5.41) is 8.96. The van der Waals surface area contributed by atoms with E-state index in [2.05, 4.69) is 4.98 Å². The number of hydrogen-bond acceptors (Lipinski definition) is 3. The number of aryl methyl sites for hydroxylation is 1. The maximum Gasteiger partial charge on any atom is 0.138 e. The van der Waals surface area contributed by atoms with Crippen LogP contribution in [0.25, 0.3) is 0 Å². The molecule has 0 aliphatic rings. The molecular weight excluding hydrogens is 116 g/mol. The zero-order chi connectivity index (χ0) is 6.85. The first-order valence-electron chi connectivity index (χ1n) is 2.61. The number of aromatic hydroxyl groups is 1. The molecule has 0 aliphatic heterocycles. The molecule has 0 unspecified atom stereocenters. The van der Waals surface area contributed by atoms with Gasteiger partial charge in [0.2, 0.25) is 0 Å². The van der Waals surface area contributed by atoms with Gasteiger partial charge >= 0.3 is 0 Å². The van der Waals surface area contributed by atoms with Crippen molar-refractivity contribution in [2.45, 2.75) is 6.92 Å². The molecule has 0 fully saturated rings. The minimum absolute atomic E-state index is 0.148. The molecule has 0 spiro atoms. The second-order valence-corrected chi connectivity index (χ2v) is 1.87. The minimum atomic E-state index is 0.148. The van der Waals surface area contributed by atoms with Gasteiger partial charge in [-0.05, 0) is 6.92 Å². The molecule has 0 bridgehead atoms. The molecule has 48 valence electrons. The van der Waals surface area contributed by atoms with Crippen molar-refractivity contribution in [2.24, 2.45) is 0 Å².